The minimum Gasteiger partial charge on any atom is -0.331 e. The Labute approximate surface area is 116 Å². The molecule has 1 N–H and O–H groups in total. The monoisotopic (exact) mass is 281 g/mol. The summed E-state index contributed by atoms with van der Waals surface area (Å²) in [5.41, 5.74) is 2.14. The minimum absolute atomic E-state index is 0.537. The van der Waals surface area contributed by atoms with Crippen molar-refractivity contribution >= 4 is 34.4 Å². The van der Waals surface area contributed by atoms with Crippen LogP contribution < -0.4 is 5.32 Å². The molecule has 0 saturated carbocycles. The smallest absolute Gasteiger partial charge is 0.111 e. The molecule has 5 heteroatoms. The molecule has 1 aliphatic heterocycles. The first-order chi connectivity index (χ1) is 8.74. The van der Waals surface area contributed by atoms with Crippen LogP contribution in [0.2, 0.25) is 5.02 Å². The fourth-order valence-electron chi connectivity index (χ4n) is 2.38. The molecule has 3 nitrogen and oxygen atoms in total. The van der Waals surface area contributed by atoms with Crippen LogP contribution in [0.1, 0.15) is 5.82 Å². The lowest BCUT2D eigenvalue weighted by Crippen LogP contribution is -2.39. The first-order valence-corrected chi connectivity index (χ1v) is 7.69. The molecule has 1 aromatic heterocycles. The summed E-state index contributed by atoms with van der Waals surface area (Å²) in [7, 11) is 2.08. The summed E-state index contributed by atoms with van der Waals surface area (Å²) in [6.07, 6.45) is 0.982. The third-order valence-corrected chi connectivity index (χ3v) is 4.73. The quantitative estimate of drug-likeness (QED) is 0.917. The summed E-state index contributed by atoms with van der Waals surface area (Å²) < 4.78 is 2.17. The number of rotatable bonds is 2. The van der Waals surface area contributed by atoms with Gasteiger partial charge in [0.2, 0.25) is 0 Å². The van der Waals surface area contributed by atoms with Gasteiger partial charge in [-0.3, -0.25) is 0 Å². The van der Waals surface area contributed by atoms with E-state index < -0.39 is 0 Å². The van der Waals surface area contributed by atoms with Crippen LogP contribution in [0, 0.1) is 0 Å². The highest BCUT2D eigenvalue weighted by atomic mass is 35.5. The second-order valence-corrected chi connectivity index (χ2v) is 6.24. The van der Waals surface area contributed by atoms with Crippen molar-refractivity contribution in [2.75, 3.05) is 18.1 Å². The lowest BCUT2D eigenvalue weighted by Gasteiger charge is -2.22. The number of hydrogen-bond donors (Lipinski definition) is 1. The second kappa shape index (κ2) is 5.11. The largest absolute Gasteiger partial charge is 0.331 e. The van der Waals surface area contributed by atoms with Crippen LogP contribution in [0.15, 0.2) is 18.2 Å². The van der Waals surface area contributed by atoms with E-state index in [2.05, 4.69) is 16.9 Å². The normalized spacial score (nSPS) is 20.4. The Bertz CT molecular complexity index is 561. The molecule has 3 rings (SSSR count). The Morgan fingerprint density at radius 3 is 3.22 bits per heavy atom. The van der Waals surface area contributed by atoms with E-state index in [0.29, 0.717) is 6.04 Å². The van der Waals surface area contributed by atoms with E-state index in [1.807, 2.05) is 30.0 Å². The highest BCUT2D eigenvalue weighted by molar-refractivity contribution is 7.99. The summed E-state index contributed by atoms with van der Waals surface area (Å²) in [5.74, 6) is 3.52. The standard InChI is InChI=1S/C13H16ClN3S/c1-17-12-3-2-9(14)6-11(12)16-13(17)7-10-8-18-5-4-15-10/h2-3,6,10,15H,4-5,7-8H2,1H3. The van der Waals surface area contributed by atoms with Crippen molar-refractivity contribution < 1.29 is 0 Å². The van der Waals surface area contributed by atoms with Gasteiger partial charge in [0, 0.05) is 42.6 Å². The second-order valence-electron chi connectivity index (χ2n) is 4.65. The number of benzene rings is 1. The molecule has 1 saturated heterocycles. The average Bonchev–Trinajstić information content (AvgIpc) is 2.67. The third-order valence-electron chi connectivity index (χ3n) is 3.36. The Balaban J connectivity index is 1.89. The van der Waals surface area contributed by atoms with E-state index >= 15 is 0 Å². The molecule has 0 bridgehead atoms. The van der Waals surface area contributed by atoms with Crippen molar-refractivity contribution in [2.24, 2.45) is 7.05 Å². The lowest BCUT2D eigenvalue weighted by molar-refractivity contribution is 0.543. The SMILES string of the molecule is Cn1c(CC2CSCCN2)nc2cc(Cl)ccc21. The van der Waals surface area contributed by atoms with E-state index in [1.165, 1.54) is 11.5 Å². The zero-order chi connectivity index (χ0) is 12.5. The van der Waals surface area contributed by atoms with Gasteiger partial charge in [0.05, 0.1) is 11.0 Å². The van der Waals surface area contributed by atoms with Gasteiger partial charge in [0.25, 0.3) is 0 Å². The van der Waals surface area contributed by atoms with Crippen molar-refractivity contribution in [3.63, 3.8) is 0 Å². The van der Waals surface area contributed by atoms with Crippen LogP contribution in [-0.2, 0) is 13.5 Å². The molecule has 1 fully saturated rings. The fraction of sp³-hybridized carbons (Fsp3) is 0.462. The first kappa shape index (κ1) is 12.3. The molecule has 0 radical (unpaired) electrons. The molecular weight excluding hydrogens is 266 g/mol. The van der Waals surface area contributed by atoms with E-state index in [0.717, 1.165) is 34.8 Å². The fourth-order valence-corrected chi connectivity index (χ4v) is 3.49. The third kappa shape index (κ3) is 2.37. The Kier molecular flexibility index (Phi) is 3.50. The number of nitrogens with zero attached hydrogens (tertiary/aromatic N) is 2. The van der Waals surface area contributed by atoms with Gasteiger partial charge in [0.15, 0.2) is 0 Å². The van der Waals surface area contributed by atoms with Crippen molar-refractivity contribution in [2.45, 2.75) is 12.5 Å². The molecule has 1 atom stereocenters. The van der Waals surface area contributed by atoms with Crippen LogP contribution >= 0.6 is 23.4 Å². The summed E-state index contributed by atoms with van der Waals surface area (Å²) >= 11 is 8.02. The molecule has 2 heterocycles. The predicted octanol–water partition coefficient (Wildman–Crippen LogP) is 2.47. The minimum atomic E-state index is 0.537. The molecule has 1 aromatic carbocycles. The molecular formula is C13H16ClN3S. The number of aryl methyl sites for hydroxylation is 1. The number of thioether (sulfide) groups is 1. The van der Waals surface area contributed by atoms with Gasteiger partial charge in [-0.1, -0.05) is 11.6 Å². The average molecular weight is 282 g/mol. The van der Waals surface area contributed by atoms with E-state index in [1.54, 1.807) is 0 Å². The summed E-state index contributed by atoms with van der Waals surface area (Å²) in [4.78, 5) is 4.70. The zero-order valence-corrected chi connectivity index (χ0v) is 11.9. The molecule has 96 valence electrons. The first-order valence-electron chi connectivity index (χ1n) is 6.16. The molecule has 0 spiro atoms. The van der Waals surface area contributed by atoms with Crippen LogP contribution in [0.25, 0.3) is 11.0 Å². The lowest BCUT2D eigenvalue weighted by atomic mass is 10.2. The number of fused-ring (bicyclic) bond motifs is 1. The van der Waals surface area contributed by atoms with Gasteiger partial charge in [-0.25, -0.2) is 4.98 Å². The highest BCUT2D eigenvalue weighted by Gasteiger charge is 2.17. The maximum Gasteiger partial charge on any atom is 0.111 e. The number of nitrogens with one attached hydrogen (secondary N) is 1. The van der Waals surface area contributed by atoms with Crippen molar-refractivity contribution in [1.82, 2.24) is 14.9 Å². The molecule has 2 aromatic rings. The number of imidazole rings is 1. The predicted molar refractivity (Wildman–Crippen MR) is 78.5 cm³/mol. The van der Waals surface area contributed by atoms with Gasteiger partial charge >= 0.3 is 0 Å². The van der Waals surface area contributed by atoms with Gasteiger partial charge in [-0.15, -0.1) is 0 Å². The Hall–Kier alpha value is -0.710. The van der Waals surface area contributed by atoms with Crippen molar-refractivity contribution in [1.29, 1.82) is 0 Å². The maximum atomic E-state index is 6.01. The summed E-state index contributed by atoms with van der Waals surface area (Å²) in [6.45, 7) is 1.10. The summed E-state index contributed by atoms with van der Waals surface area (Å²) in [5, 5.41) is 4.30. The van der Waals surface area contributed by atoms with Crippen molar-refractivity contribution in [3.8, 4) is 0 Å². The molecule has 0 amide bonds. The van der Waals surface area contributed by atoms with E-state index in [-0.39, 0.29) is 0 Å². The molecule has 1 unspecified atom stereocenters. The summed E-state index contributed by atoms with van der Waals surface area (Å²) in [6, 6.07) is 6.43. The zero-order valence-electron chi connectivity index (χ0n) is 10.3. The number of hydrogen-bond acceptors (Lipinski definition) is 3. The van der Waals surface area contributed by atoms with Gasteiger partial charge in [-0.2, -0.15) is 11.8 Å². The van der Waals surface area contributed by atoms with Crippen LogP contribution in [0.5, 0.6) is 0 Å². The van der Waals surface area contributed by atoms with Gasteiger partial charge in [-0.05, 0) is 18.2 Å². The van der Waals surface area contributed by atoms with E-state index in [9.17, 15) is 0 Å². The molecule has 0 aliphatic carbocycles. The van der Waals surface area contributed by atoms with Gasteiger partial charge in [0.1, 0.15) is 5.82 Å². The van der Waals surface area contributed by atoms with Crippen molar-refractivity contribution in [3.05, 3.63) is 29.0 Å². The van der Waals surface area contributed by atoms with Crippen LogP contribution in [0.4, 0.5) is 0 Å². The number of aromatic nitrogens is 2. The highest BCUT2D eigenvalue weighted by Crippen LogP contribution is 2.21. The topological polar surface area (TPSA) is 29.9 Å². The van der Waals surface area contributed by atoms with Crippen LogP contribution in [0.3, 0.4) is 0 Å². The van der Waals surface area contributed by atoms with E-state index in [4.69, 9.17) is 16.6 Å². The molecule has 1 aliphatic rings. The van der Waals surface area contributed by atoms with Gasteiger partial charge < -0.3 is 9.88 Å². The van der Waals surface area contributed by atoms with Crippen LogP contribution in [-0.4, -0.2) is 33.6 Å². The maximum absolute atomic E-state index is 6.01. The number of halogens is 1. The Morgan fingerprint density at radius 1 is 1.56 bits per heavy atom. The molecule has 18 heavy (non-hydrogen) atoms. The Morgan fingerprint density at radius 2 is 2.44 bits per heavy atom.